The third kappa shape index (κ3) is 2.56. The number of carbonyl (C=O) groups excluding carboxylic acids is 1. The number of nitrogens with one attached hydrogen (secondary N) is 2. The lowest BCUT2D eigenvalue weighted by Crippen LogP contribution is -2.34. The van der Waals surface area contributed by atoms with E-state index in [1.54, 1.807) is 6.07 Å². The van der Waals surface area contributed by atoms with Gasteiger partial charge in [-0.2, -0.15) is 5.10 Å². The number of aromatic amines is 1. The molecule has 0 unspecified atom stereocenters. The van der Waals surface area contributed by atoms with Gasteiger partial charge in [-0.3, -0.25) is 9.89 Å². The van der Waals surface area contributed by atoms with E-state index in [1.165, 1.54) is 0 Å². The van der Waals surface area contributed by atoms with Crippen LogP contribution in [0.5, 0.6) is 0 Å². The number of aliphatic hydroxyl groups is 1. The van der Waals surface area contributed by atoms with Gasteiger partial charge in [0.05, 0.1) is 12.1 Å². The zero-order valence-electron chi connectivity index (χ0n) is 12.1. The Bertz CT molecular complexity index is 663. The molecule has 110 valence electrons. The zero-order chi connectivity index (χ0) is 15.0. The zero-order valence-corrected chi connectivity index (χ0v) is 12.1. The summed E-state index contributed by atoms with van der Waals surface area (Å²) in [5.41, 5.74) is 3.35. The lowest BCUT2D eigenvalue weighted by Gasteiger charge is -2.17. The van der Waals surface area contributed by atoms with Crippen LogP contribution in [0.25, 0.3) is 0 Å². The van der Waals surface area contributed by atoms with Crippen molar-refractivity contribution in [1.29, 1.82) is 0 Å². The maximum absolute atomic E-state index is 12.3. The molecule has 1 heterocycles. The fourth-order valence-corrected chi connectivity index (χ4v) is 2.71. The monoisotopic (exact) mass is 285 g/mol. The molecule has 5 heteroatoms. The molecule has 1 aromatic heterocycles. The third-order valence-electron chi connectivity index (χ3n) is 3.94. The van der Waals surface area contributed by atoms with Crippen LogP contribution < -0.4 is 5.32 Å². The van der Waals surface area contributed by atoms with E-state index in [2.05, 4.69) is 15.5 Å². The number of aromatic nitrogens is 2. The summed E-state index contributed by atoms with van der Waals surface area (Å²) in [7, 11) is 0. The quantitative estimate of drug-likeness (QED) is 0.806. The van der Waals surface area contributed by atoms with E-state index in [0.717, 1.165) is 16.8 Å². The number of nitrogens with zero attached hydrogens (tertiary/aromatic N) is 1. The van der Waals surface area contributed by atoms with Crippen molar-refractivity contribution in [1.82, 2.24) is 15.5 Å². The highest BCUT2D eigenvalue weighted by Crippen LogP contribution is 2.31. The lowest BCUT2D eigenvalue weighted by molar-refractivity contribution is 0.0853. The fourth-order valence-electron chi connectivity index (χ4n) is 2.71. The highest BCUT2D eigenvalue weighted by molar-refractivity contribution is 5.92. The summed E-state index contributed by atoms with van der Waals surface area (Å²) >= 11 is 0. The van der Waals surface area contributed by atoms with Crippen molar-refractivity contribution in [3.63, 3.8) is 0 Å². The van der Waals surface area contributed by atoms with Crippen LogP contribution in [0.4, 0.5) is 0 Å². The van der Waals surface area contributed by atoms with Gasteiger partial charge in [-0.25, -0.2) is 0 Å². The molecule has 2 atom stereocenters. The number of rotatable bonds is 3. The van der Waals surface area contributed by atoms with Crippen LogP contribution >= 0.6 is 0 Å². The van der Waals surface area contributed by atoms with Crippen LogP contribution in [-0.4, -0.2) is 27.3 Å². The van der Waals surface area contributed by atoms with Crippen molar-refractivity contribution in [2.24, 2.45) is 0 Å². The summed E-state index contributed by atoms with van der Waals surface area (Å²) in [4.78, 5) is 12.3. The number of carbonyl (C=O) groups is 1. The molecule has 0 saturated carbocycles. The summed E-state index contributed by atoms with van der Waals surface area (Å²) in [5.74, 6) is 0.0238. The maximum Gasteiger partial charge on any atom is 0.272 e. The van der Waals surface area contributed by atoms with E-state index in [9.17, 15) is 9.90 Å². The molecule has 0 fully saturated rings. The minimum atomic E-state index is -0.588. The van der Waals surface area contributed by atoms with Crippen molar-refractivity contribution >= 4 is 5.91 Å². The summed E-state index contributed by atoms with van der Waals surface area (Å²) < 4.78 is 0. The second kappa shape index (κ2) is 5.33. The SMILES string of the molecule is CC(C)c1cc(C(=O)N[C@H]2c3ccccc3C[C@@H]2O)n[nH]1. The van der Waals surface area contributed by atoms with Gasteiger partial charge in [0.2, 0.25) is 0 Å². The topological polar surface area (TPSA) is 78.0 Å². The van der Waals surface area contributed by atoms with Gasteiger partial charge in [0.25, 0.3) is 5.91 Å². The first kappa shape index (κ1) is 13.8. The van der Waals surface area contributed by atoms with Crippen LogP contribution in [0.1, 0.15) is 53.1 Å². The Hall–Kier alpha value is -2.14. The molecule has 3 N–H and O–H groups in total. The Morgan fingerprint density at radius 1 is 1.43 bits per heavy atom. The molecule has 3 rings (SSSR count). The molecule has 21 heavy (non-hydrogen) atoms. The van der Waals surface area contributed by atoms with Crippen molar-refractivity contribution in [2.45, 2.75) is 38.3 Å². The van der Waals surface area contributed by atoms with Crippen LogP contribution in [-0.2, 0) is 6.42 Å². The minimum absolute atomic E-state index is 0.265. The van der Waals surface area contributed by atoms with Gasteiger partial charge in [0, 0.05) is 12.1 Å². The molecule has 0 bridgehead atoms. The molecule has 0 aliphatic heterocycles. The number of aliphatic hydroxyl groups excluding tert-OH is 1. The minimum Gasteiger partial charge on any atom is -0.390 e. The fraction of sp³-hybridized carbons (Fsp3) is 0.375. The van der Waals surface area contributed by atoms with Crippen molar-refractivity contribution in [3.05, 3.63) is 52.8 Å². The Kier molecular flexibility index (Phi) is 3.51. The van der Waals surface area contributed by atoms with E-state index < -0.39 is 6.10 Å². The van der Waals surface area contributed by atoms with Gasteiger partial charge < -0.3 is 10.4 Å². The van der Waals surface area contributed by atoms with Gasteiger partial charge in [-0.05, 0) is 23.1 Å². The molecule has 0 saturated heterocycles. The molecule has 1 aliphatic carbocycles. The third-order valence-corrected chi connectivity index (χ3v) is 3.94. The van der Waals surface area contributed by atoms with Crippen LogP contribution in [0.2, 0.25) is 0 Å². The number of hydrogen-bond acceptors (Lipinski definition) is 3. The van der Waals surface area contributed by atoms with Crippen LogP contribution in [0.3, 0.4) is 0 Å². The lowest BCUT2D eigenvalue weighted by atomic mass is 10.1. The number of amides is 1. The summed E-state index contributed by atoms with van der Waals surface area (Å²) in [6.45, 7) is 4.07. The summed E-state index contributed by atoms with van der Waals surface area (Å²) in [6.07, 6.45) is -0.0197. The van der Waals surface area contributed by atoms with Crippen LogP contribution in [0.15, 0.2) is 30.3 Å². The number of benzene rings is 1. The second-order valence-electron chi connectivity index (χ2n) is 5.78. The maximum atomic E-state index is 12.3. The Morgan fingerprint density at radius 3 is 2.90 bits per heavy atom. The summed E-state index contributed by atoms with van der Waals surface area (Å²) in [5, 5.41) is 19.9. The molecule has 0 radical (unpaired) electrons. The highest BCUT2D eigenvalue weighted by Gasteiger charge is 2.32. The van der Waals surface area contributed by atoms with E-state index in [0.29, 0.717) is 12.1 Å². The largest absolute Gasteiger partial charge is 0.390 e. The summed E-state index contributed by atoms with van der Waals surface area (Å²) in [6, 6.07) is 9.18. The van der Waals surface area contributed by atoms with Gasteiger partial charge in [0.1, 0.15) is 5.69 Å². The first-order chi connectivity index (χ1) is 10.1. The molecule has 1 aliphatic rings. The smallest absolute Gasteiger partial charge is 0.272 e. The number of fused-ring (bicyclic) bond motifs is 1. The molecule has 1 amide bonds. The normalized spacial score (nSPS) is 20.6. The van der Waals surface area contributed by atoms with E-state index in [-0.39, 0.29) is 17.9 Å². The van der Waals surface area contributed by atoms with Crippen molar-refractivity contribution < 1.29 is 9.90 Å². The molecule has 5 nitrogen and oxygen atoms in total. The molecule has 2 aromatic rings. The van der Waals surface area contributed by atoms with Crippen molar-refractivity contribution in [2.75, 3.05) is 0 Å². The Morgan fingerprint density at radius 2 is 2.19 bits per heavy atom. The van der Waals surface area contributed by atoms with Gasteiger partial charge in [-0.15, -0.1) is 0 Å². The first-order valence-electron chi connectivity index (χ1n) is 7.18. The van der Waals surface area contributed by atoms with Gasteiger partial charge in [-0.1, -0.05) is 38.1 Å². The standard InChI is InChI=1S/C16H19N3O2/c1-9(2)12-8-13(19-18-12)16(21)17-15-11-6-4-3-5-10(11)7-14(15)20/h3-6,8-9,14-15,20H,7H2,1-2H3,(H,17,21)(H,18,19)/t14-,15-/m0/s1. The van der Waals surface area contributed by atoms with E-state index in [4.69, 9.17) is 0 Å². The molecule has 0 spiro atoms. The number of H-pyrrole nitrogens is 1. The Labute approximate surface area is 123 Å². The highest BCUT2D eigenvalue weighted by atomic mass is 16.3. The molecular formula is C16H19N3O2. The Balaban J connectivity index is 1.78. The second-order valence-corrected chi connectivity index (χ2v) is 5.78. The van der Waals surface area contributed by atoms with Crippen molar-refractivity contribution in [3.8, 4) is 0 Å². The predicted octanol–water partition coefficient (Wildman–Crippen LogP) is 1.92. The number of hydrogen-bond donors (Lipinski definition) is 3. The molecule has 1 aromatic carbocycles. The molecular weight excluding hydrogens is 266 g/mol. The van der Waals surface area contributed by atoms with E-state index >= 15 is 0 Å². The average Bonchev–Trinajstić information content (AvgIpc) is 3.05. The van der Waals surface area contributed by atoms with Gasteiger partial charge in [0.15, 0.2) is 0 Å². The van der Waals surface area contributed by atoms with E-state index in [1.807, 2.05) is 38.1 Å². The first-order valence-corrected chi connectivity index (χ1v) is 7.18. The van der Waals surface area contributed by atoms with Gasteiger partial charge >= 0.3 is 0 Å². The van der Waals surface area contributed by atoms with Crippen LogP contribution in [0, 0.1) is 0 Å². The average molecular weight is 285 g/mol. The predicted molar refractivity (Wildman–Crippen MR) is 79.0 cm³/mol.